The lowest BCUT2D eigenvalue weighted by Gasteiger charge is -2.08. The summed E-state index contributed by atoms with van der Waals surface area (Å²) in [7, 11) is 0. The lowest BCUT2D eigenvalue weighted by molar-refractivity contribution is -0.114. The van der Waals surface area contributed by atoms with E-state index >= 15 is 0 Å². The molecule has 0 saturated carbocycles. The summed E-state index contributed by atoms with van der Waals surface area (Å²) >= 11 is 0. The van der Waals surface area contributed by atoms with Crippen LogP contribution < -0.4 is 5.32 Å². The van der Waals surface area contributed by atoms with Gasteiger partial charge in [-0.1, -0.05) is 41.9 Å². The van der Waals surface area contributed by atoms with Crippen molar-refractivity contribution in [2.24, 2.45) is 5.16 Å². The maximum absolute atomic E-state index is 12.3. The highest BCUT2D eigenvalue weighted by Gasteiger charge is 2.27. The van der Waals surface area contributed by atoms with Crippen molar-refractivity contribution in [3.63, 3.8) is 0 Å². The molecule has 0 fully saturated rings. The fraction of sp³-hybridized carbons (Fsp3) is 0.474. The second kappa shape index (κ2) is 7.68. The Labute approximate surface area is 152 Å². The van der Waals surface area contributed by atoms with Crippen molar-refractivity contribution in [2.45, 2.75) is 51.2 Å². The van der Waals surface area contributed by atoms with Gasteiger partial charge in [-0.05, 0) is 18.4 Å². The zero-order valence-corrected chi connectivity index (χ0v) is 14.7. The number of hydrogen-bond acceptors (Lipinski definition) is 5. The summed E-state index contributed by atoms with van der Waals surface area (Å²) in [6, 6.07) is 9.84. The second-order valence-corrected chi connectivity index (χ2v) is 6.75. The number of aryl methyl sites for hydroxylation is 1. The Kier molecular flexibility index (Phi) is 4.95. The summed E-state index contributed by atoms with van der Waals surface area (Å²) < 4.78 is 2.21. The molecule has 2 aromatic rings. The van der Waals surface area contributed by atoms with Gasteiger partial charge in [0, 0.05) is 32.4 Å². The minimum Gasteiger partial charge on any atom is -0.387 e. The van der Waals surface area contributed by atoms with E-state index in [9.17, 15) is 4.79 Å². The quantitative estimate of drug-likeness (QED) is 0.893. The van der Waals surface area contributed by atoms with Gasteiger partial charge in [-0.15, -0.1) is 10.2 Å². The Morgan fingerprint density at radius 1 is 1.19 bits per heavy atom. The number of nitrogens with zero attached hydrogens (tertiary/aromatic N) is 4. The topological polar surface area (TPSA) is 81.4 Å². The minimum atomic E-state index is -0.177. The molecule has 0 aliphatic carbocycles. The second-order valence-electron chi connectivity index (χ2n) is 6.75. The van der Waals surface area contributed by atoms with Crippen molar-refractivity contribution >= 4 is 11.6 Å². The van der Waals surface area contributed by atoms with Crippen LogP contribution in [0.15, 0.2) is 35.5 Å². The van der Waals surface area contributed by atoms with Gasteiger partial charge in [0.05, 0.1) is 0 Å². The molecule has 2 aliphatic rings. The Morgan fingerprint density at radius 2 is 2.08 bits per heavy atom. The number of carbonyl (C=O) groups is 1. The van der Waals surface area contributed by atoms with Gasteiger partial charge in [0.25, 0.3) is 5.91 Å². The molecule has 0 spiro atoms. The Morgan fingerprint density at radius 3 is 2.96 bits per heavy atom. The number of hydrogen-bond donors (Lipinski definition) is 1. The molecule has 4 rings (SSSR count). The number of aromatic nitrogens is 3. The molecule has 1 aromatic carbocycles. The maximum atomic E-state index is 12.3. The summed E-state index contributed by atoms with van der Waals surface area (Å²) in [5, 5.41) is 15.5. The van der Waals surface area contributed by atoms with Crippen molar-refractivity contribution < 1.29 is 9.63 Å². The minimum absolute atomic E-state index is 0.168. The maximum Gasteiger partial charge on any atom is 0.269 e. The van der Waals surface area contributed by atoms with E-state index in [1.54, 1.807) is 0 Å². The molecular formula is C19H23N5O2. The van der Waals surface area contributed by atoms with Gasteiger partial charge >= 0.3 is 0 Å². The van der Waals surface area contributed by atoms with E-state index in [1.807, 2.05) is 30.3 Å². The summed E-state index contributed by atoms with van der Waals surface area (Å²) in [6.45, 7) is 1.50. The van der Waals surface area contributed by atoms with Gasteiger partial charge < -0.3 is 14.7 Å². The first-order valence-electron chi connectivity index (χ1n) is 9.28. The molecular weight excluding hydrogens is 330 g/mol. The molecule has 1 unspecified atom stereocenters. The first-order chi connectivity index (χ1) is 12.8. The van der Waals surface area contributed by atoms with E-state index in [1.165, 1.54) is 19.3 Å². The number of carbonyl (C=O) groups excluding carboxylic acids is 1. The van der Waals surface area contributed by atoms with Gasteiger partial charge in [-0.25, -0.2) is 0 Å². The first kappa shape index (κ1) is 16.8. The normalized spacial score (nSPS) is 19.2. The standard InChI is InChI=1S/C19H23N5O2/c25-19(15-13-16(26-23-15)14-7-3-1-4-8-14)20-11-10-18-22-21-17-9-5-2-6-12-24(17)18/h1,3-4,7-8,16H,2,5-6,9-13H2,(H,20,25). The monoisotopic (exact) mass is 353 g/mol. The molecule has 0 saturated heterocycles. The lowest BCUT2D eigenvalue weighted by atomic mass is 10.0. The number of benzene rings is 1. The third-order valence-electron chi connectivity index (χ3n) is 4.92. The Bertz CT molecular complexity index is 800. The highest BCUT2D eigenvalue weighted by Crippen LogP contribution is 2.26. The van der Waals surface area contributed by atoms with Crippen LogP contribution in [0, 0.1) is 0 Å². The van der Waals surface area contributed by atoms with E-state index < -0.39 is 0 Å². The predicted octanol–water partition coefficient (Wildman–Crippen LogP) is 2.18. The Balaban J connectivity index is 1.28. The van der Waals surface area contributed by atoms with Crippen LogP contribution in [-0.4, -0.2) is 32.9 Å². The summed E-state index contributed by atoms with van der Waals surface area (Å²) in [5.74, 6) is 1.86. The van der Waals surface area contributed by atoms with E-state index in [4.69, 9.17) is 4.84 Å². The number of amides is 1. The van der Waals surface area contributed by atoms with Crippen molar-refractivity contribution in [2.75, 3.05) is 6.54 Å². The average molecular weight is 353 g/mol. The van der Waals surface area contributed by atoms with E-state index in [2.05, 4.69) is 25.2 Å². The molecule has 1 aromatic heterocycles. The largest absolute Gasteiger partial charge is 0.387 e. The molecule has 7 heteroatoms. The van der Waals surface area contributed by atoms with Crippen LogP contribution in [0.3, 0.4) is 0 Å². The van der Waals surface area contributed by atoms with Crippen LogP contribution in [-0.2, 0) is 29.0 Å². The van der Waals surface area contributed by atoms with Crippen LogP contribution >= 0.6 is 0 Å². The smallest absolute Gasteiger partial charge is 0.269 e. The number of oxime groups is 1. The van der Waals surface area contributed by atoms with Gasteiger partial charge in [0.2, 0.25) is 0 Å². The molecule has 1 N–H and O–H groups in total. The highest BCUT2D eigenvalue weighted by atomic mass is 16.6. The van der Waals surface area contributed by atoms with Gasteiger partial charge in [0.15, 0.2) is 6.10 Å². The molecule has 1 atom stereocenters. The number of rotatable bonds is 5. The van der Waals surface area contributed by atoms with Crippen molar-refractivity contribution in [3.8, 4) is 0 Å². The van der Waals surface area contributed by atoms with Crippen LogP contribution in [0.1, 0.15) is 49.0 Å². The Hall–Kier alpha value is -2.70. The van der Waals surface area contributed by atoms with Gasteiger partial charge in [-0.3, -0.25) is 4.79 Å². The van der Waals surface area contributed by atoms with E-state index in [-0.39, 0.29) is 12.0 Å². The highest BCUT2D eigenvalue weighted by molar-refractivity contribution is 6.39. The molecule has 2 aliphatic heterocycles. The summed E-state index contributed by atoms with van der Waals surface area (Å²) in [4.78, 5) is 17.7. The third kappa shape index (κ3) is 3.61. The molecule has 0 bridgehead atoms. The first-order valence-corrected chi connectivity index (χ1v) is 9.28. The lowest BCUT2D eigenvalue weighted by Crippen LogP contribution is -2.32. The molecule has 136 valence electrons. The van der Waals surface area contributed by atoms with Gasteiger partial charge in [0.1, 0.15) is 17.4 Å². The van der Waals surface area contributed by atoms with E-state index in [0.717, 1.165) is 30.2 Å². The number of fused-ring (bicyclic) bond motifs is 1. The molecule has 7 nitrogen and oxygen atoms in total. The zero-order chi connectivity index (χ0) is 17.8. The SMILES string of the molecule is O=C(NCCc1nnc2n1CCCCC2)C1=NOC(c2ccccc2)C1. The molecule has 0 radical (unpaired) electrons. The average Bonchev–Trinajstić information content (AvgIpc) is 3.24. The molecule has 26 heavy (non-hydrogen) atoms. The fourth-order valence-electron chi connectivity index (χ4n) is 3.48. The van der Waals surface area contributed by atoms with Crippen LogP contribution in [0.25, 0.3) is 0 Å². The van der Waals surface area contributed by atoms with Gasteiger partial charge in [-0.2, -0.15) is 0 Å². The van der Waals surface area contributed by atoms with E-state index in [0.29, 0.717) is 25.1 Å². The number of nitrogens with one attached hydrogen (secondary N) is 1. The zero-order valence-electron chi connectivity index (χ0n) is 14.7. The molecule has 3 heterocycles. The fourth-order valence-corrected chi connectivity index (χ4v) is 3.48. The van der Waals surface area contributed by atoms with Crippen LogP contribution in [0.2, 0.25) is 0 Å². The van der Waals surface area contributed by atoms with Crippen molar-refractivity contribution in [1.29, 1.82) is 0 Å². The van der Waals surface area contributed by atoms with Crippen LogP contribution in [0.5, 0.6) is 0 Å². The van der Waals surface area contributed by atoms with Crippen molar-refractivity contribution in [3.05, 3.63) is 47.5 Å². The summed E-state index contributed by atoms with van der Waals surface area (Å²) in [5.41, 5.74) is 1.48. The third-order valence-corrected chi connectivity index (χ3v) is 4.92. The predicted molar refractivity (Wildman–Crippen MR) is 96.6 cm³/mol. The molecule has 1 amide bonds. The van der Waals surface area contributed by atoms with Crippen LogP contribution in [0.4, 0.5) is 0 Å². The van der Waals surface area contributed by atoms with Crippen molar-refractivity contribution in [1.82, 2.24) is 20.1 Å². The summed E-state index contributed by atoms with van der Waals surface area (Å²) in [6.07, 6.45) is 5.57.